The van der Waals surface area contributed by atoms with Gasteiger partial charge in [-0.1, -0.05) is 0 Å². The summed E-state index contributed by atoms with van der Waals surface area (Å²) in [6, 6.07) is 5.04. The van der Waals surface area contributed by atoms with Gasteiger partial charge >= 0.3 is 0 Å². The molecule has 0 aliphatic carbocycles. The van der Waals surface area contributed by atoms with Crippen molar-refractivity contribution in [2.45, 2.75) is 0 Å². The lowest BCUT2D eigenvalue weighted by atomic mass is 10.4. The van der Waals surface area contributed by atoms with Crippen LogP contribution in [0.3, 0.4) is 0 Å². The van der Waals surface area contributed by atoms with Crippen molar-refractivity contribution in [2.24, 2.45) is 0 Å². The molecule has 2 heterocycles. The predicted octanol–water partition coefficient (Wildman–Crippen LogP) is 2.01. The van der Waals surface area contributed by atoms with E-state index in [0.29, 0.717) is 17.4 Å². The topological polar surface area (TPSA) is 73.9 Å². The van der Waals surface area contributed by atoms with Gasteiger partial charge in [0, 0.05) is 16.7 Å². The lowest BCUT2D eigenvalue weighted by Crippen LogP contribution is -1.94. The number of rotatable bonds is 2. The number of pyridine rings is 1. The quantitative estimate of drug-likeness (QED) is 0.900. The molecule has 2 aromatic rings. The molecular formula is C9H7BrN4O. The highest BCUT2D eigenvalue weighted by Gasteiger charge is 2.00. The highest BCUT2D eigenvalue weighted by atomic mass is 79.9. The number of hydrogen-bond donors (Lipinski definition) is 1. The average Bonchev–Trinajstić information content (AvgIpc) is 2.22. The molecule has 2 N–H and O–H groups in total. The van der Waals surface area contributed by atoms with E-state index in [1.807, 2.05) is 0 Å². The second-order valence-electron chi connectivity index (χ2n) is 2.74. The first kappa shape index (κ1) is 9.85. The van der Waals surface area contributed by atoms with Crippen molar-refractivity contribution in [1.82, 2.24) is 15.2 Å². The molecule has 0 bridgehead atoms. The fourth-order valence-corrected chi connectivity index (χ4v) is 1.30. The molecule has 0 fully saturated rings. The van der Waals surface area contributed by atoms with Crippen LogP contribution >= 0.6 is 15.9 Å². The molecule has 76 valence electrons. The van der Waals surface area contributed by atoms with E-state index in [9.17, 15) is 0 Å². The van der Waals surface area contributed by atoms with E-state index in [2.05, 4.69) is 31.1 Å². The van der Waals surface area contributed by atoms with Gasteiger partial charge in [0.05, 0.1) is 6.20 Å². The van der Waals surface area contributed by atoms with E-state index in [-0.39, 0.29) is 0 Å². The predicted molar refractivity (Wildman–Crippen MR) is 58.5 cm³/mol. The van der Waals surface area contributed by atoms with Crippen LogP contribution < -0.4 is 10.5 Å². The van der Waals surface area contributed by atoms with Crippen molar-refractivity contribution in [1.29, 1.82) is 0 Å². The smallest absolute Gasteiger partial charge is 0.239 e. The van der Waals surface area contributed by atoms with Crippen molar-refractivity contribution in [3.8, 4) is 11.6 Å². The average molecular weight is 267 g/mol. The molecule has 5 nitrogen and oxygen atoms in total. The Morgan fingerprint density at radius 2 is 2.07 bits per heavy atom. The van der Waals surface area contributed by atoms with Gasteiger partial charge in [0.25, 0.3) is 0 Å². The molecule has 0 amide bonds. The maximum absolute atomic E-state index is 5.40. The minimum Gasteiger partial charge on any atom is -0.436 e. The fraction of sp³-hybridized carbons (Fsp3) is 0. The van der Waals surface area contributed by atoms with Crippen LogP contribution in [0, 0.1) is 0 Å². The molecular weight excluding hydrogens is 260 g/mol. The monoisotopic (exact) mass is 266 g/mol. The Balaban J connectivity index is 2.18. The second-order valence-corrected chi connectivity index (χ2v) is 3.65. The molecule has 0 atom stereocenters. The van der Waals surface area contributed by atoms with Crippen LogP contribution in [0.2, 0.25) is 0 Å². The first-order valence-corrected chi connectivity index (χ1v) is 4.91. The van der Waals surface area contributed by atoms with E-state index < -0.39 is 0 Å². The summed E-state index contributed by atoms with van der Waals surface area (Å²) in [6.07, 6.45) is 3.25. The molecule has 0 spiro atoms. The Morgan fingerprint density at radius 3 is 2.73 bits per heavy atom. The number of halogens is 1. The van der Waals surface area contributed by atoms with Crippen LogP contribution in [0.1, 0.15) is 0 Å². The minimum absolute atomic E-state index is 0.356. The van der Waals surface area contributed by atoms with Crippen molar-refractivity contribution >= 4 is 21.7 Å². The summed E-state index contributed by atoms with van der Waals surface area (Å²) in [5.74, 6) is 1.32. The number of anilines is 1. The summed E-state index contributed by atoms with van der Waals surface area (Å²) in [5, 5.41) is 7.43. The Kier molecular flexibility index (Phi) is 2.77. The maximum atomic E-state index is 5.40. The van der Waals surface area contributed by atoms with E-state index in [1.165, 1.54) is 0 Å². The number of ether oxygens (including phenoxy) is 1. The molecule has 2 rings (SSSR count). The fourth-order valence-electron chi connectivity index (χ4n) is 0.954. The van der Waals surface area contributed by atoms with Crippen LogP contribution in [0.25, 0.3) is 0 Å². The molecule has 15 heavy (non-hydrogen) atoms. The SMILES string of the molecule is Nc1ccc(Oc2cncc(Br)c2)nn1. The number of hydrogen-bond acceptors (Lipinski definition) is 5. The first-order chi connectivity index (χ1) is 7.24. The molecule has 0 saturated heterocycles. The molecule has 0 radical (unpaired) electrons. The molecule has 0 saturated carbocycles. The van der Waals surface area contributed by atoms with Crippen LogP contribution in [-0.2, 0) is 0 Å². The van der Waals surface area contributed by atoms with Gasteiger partial charge in [-0.05, 0) is 28.1 Å². The van der Waals surface area contributed by atoms with Crippen molar-refractivity contribution < 1.29 is 4.74 Å². The molecule has 6 heteroatoms. The molecule has 0 aliphatic heterocycles. The Hall–Kier alpha value is -1.69. The van der Waals surface area contributed by atoms with Gasteiger partial charge in [-0.2, -0.15) is 0 Å². The van der Waals surface area contributed by atoms with Crippen molar-refractivity contribution in [2.75, 3.05) is 5.73 Å². The molecule has 2 aromatic heterocycles. The molecule has 0 aliphatic rings. The Morgan fingerprint density at radius 1 is 1.20 bits per heavy atom. The third kappa shape index (κ3) is 2.63. The van der Waals surface area contributed by atoms with Gasteiger partial charge in [0.15, 0.2) is 0 Å². The van der Waals surface area contributed by atoms with Gasteiger partial charge < -0.3 is 10.5 Å². The van der Waals surface area contributed by atoms with Crippen LogP contribution in [0.15, 0.2) is 35.1 Å². The number of nitrogen functional groups attached to an aromatic ring is 1. The normalized spacial score (nSPS) is 9.93. The van der Waals surface area contributed by atoms with E-state index >= 15 is 0 Å². The summed E-state index contributed by atoms with van der Waals surface area (Å²) in [6.45, 7) is 0. The van der Waals surface area contributed by atoms with Crippen LogP contribution in [0.4, 0.5) is 5.82 Å². The zero-order chi connectivity index (χ0) is 10.7. The van der Waals surface area contributed by atoms with Gasteiger partial charge in [0.1, 0.15) is 11.6 Å². The third-order valence-electron chi connectivity index (χ3n) is 1.56. The Labute approximate surface area is 94.4 Å². The summed E-state index contributed by atoms with van der Waals surface area (Å²) in [4.78, 5) is 3.95. The van der Waals surface area contributed by atoms with Gasteiger partial charge in [-0.25, -0.2) is 0 Å². The summed E-state index contributed by atoms with van der Waals surface area (Å²) >= 11 is 3.29. The lowest BCUT2D eigenvalue weighted by molar-refractivity contribution is 0.453. The van der Waals surface area contributed by atoms with Crippen molar-refractivity contribution in [3.63, 3.8) is 0 Å². The summed E-state index contributed by atoms with van der Waals surface area (Å²) in [7, 11) is 0. The number of aromatic nitrogens is 3. The minimum atomic E-state index is 0.356. The van der Waals surface area contributed by atoms with Crippen molar-refractivity contribution in [3.05, 3.63) is 35.1 Å². The number of nitrogens with two attached hydrogens (primary N) is 1. The molecule has 0 unspecified atom stereocenters. The van der Waals surface area contributed by atoms with Crippen LogP contribution in [0.5, 0.6) is 11.6 Å². The van der Waals surface area contributed by atoms with Gasteiger partial charge in [0.2, 0.25) is 5.88 Å². The largest absolute Gasteiger partial charge is 0.436 e. The van der Waals surface area contributed by atoms with Crippen LogP contribution in [-0.4, -0.2) is 15.2 Å². The van der Waals surface area contributed by atoms with E-state index in [1.54, 1.807) is 30.6 Å². The molecule has 0 aromatic carbocycles. The van der Waals surface area contributed by atoms with E-state index in [0.717, 1.165) is 4.47 Å². The maximum Gasteiger partial charge on any atom is 0.239 e. The first-order valence-electron chi connectivity index (χ1n) is 4.11. The zero-order valence-electron chi connectivity index (χ0n) is 7.59. The number of nitrogens with zero attached hydrogens (tertiary/aromatic N) is 3. The summed E-state index contributed by atoms with van der Waals surface area (Å²) < 4.78 is 6.23. The lowest BCUT2D eigenvalue weighted by Gasteiger charge is -2.03. The van der Waals surface area contributed by atoms with Gasteiger partial charge in [-0.15, -0.1) is 10.2 Å². The highest BCUT2D eigenvalue weighted by molar-refractivity contribution is 9.10. The third-order valence-corrected chi connectivity index (χ3v) is 2.00. The summed E-state index contributed by atoms with van der Waals surface area (Å²) in [5.41, 5.74) is 5.40. The van der Waals surface area contributed by atoms with E-state index in [4.69, 9.17) is 10.5 Å². The highest BCUT2D eigenvalue weighted by Crippen LogP contribution is 2.21. The standard InChI is InChI=1S/C9H7BrN4O/c10-6-3-7(5-12-4-6)15-9-2-1-8(11)13-14-9/h1-5H,(H2,11,13). The second kappa shape index (κ2) is 4.22. The Bertz CT molecular complexity index is 460. The van der Waals surface area contributed by atoms with Gasteiger partial charge in [-0.3, -0.25) is 4.98 Å². The zero-order valence-corrected chi connectivity index (χ0v) is 9.18.